The van der Waals surface area contributed by atoms with Gasteiger partial charge in [0.1, 0.15) is 18.4 Å². The number of carbonyl (C=O) groups is 2. The lowest BCUT2D eigenvalue weighted by molar-refractivity contribution is -0.138. The molecule has 6 nitrogen and oxygen atoms in total. The third-order valence-corrected chi connectivity index (χ3v) is 5.39. The van der Waals surface area contributed by atoms with Crippen molar-refractivity contribution >= 4 is 33.6 Å². The molecule has 3 aromatic carbocycles. The summed E-state index contributed by atoms with van der Waals surface area (Å²) in [5, 5.41) is 0.987. The number of pyridine rings is 1. The molecule has 0 saturated heterocycles. The summed E-state index contributed by atoms with van der Waals surface area (Å²) in [5.41, 5.74) is 6.94. The molecule has 2 N–H and O–H groups in total. The van der Waals surface area contributed by atoms with E-state index in [9.17, 15) is 18.8 Å². The first kappa shape index (κ1) is 20.3. The Morgan fingerprint density at radius 2 is 1.55 bits per heavy atom. The van der Waals surface area contributed by atoms with Crippen molar-refractivity contribution in [3.05, 3.63) is 94.4 Å². The van der Waals surface area contributed by atoms with Crippen LogP contribution in [0, 0.1) is 5.82 Å². The van der Waals surface area contributed by atoms with E-state index in [0.29, 0.717) is 21.8 Å². The molecule has 2 amide bonds. The predicted molar refractivity (Wildman–Crippen MR) is 117 cm³/mol. The molecule has 1 unspecified atom stereocenters. The smallest absolute Gasteiger partial charge is 0.244 e. The minimum absolute atomic E-state index is 0.113. The first-order valence-corrected chi connectivity index (χ1v) is 9.69. The van der Waals surface area contributed by atoms with Crippen molar-refractivity contribution in [2.45, 2.75) is 12.6 Å². The lowest BCUT2D eigenvalue weighted by Crippen LogP contribution is -2.40. The number of fused-ring (bicyclic) bond motifs is 2. The van der Waals surface area contributed by atoms with Gasteiger partial charge in [-0.25, -0.2) is 4.39 Å². The number of aromatic nitrogens is 1. The van der Waals surface area contributed by atoms with Crippen molar-refractivity contribution in [3.8, 4) is 0 Å². The SMILES string of the molecule is CN(C(=O)Cn1c2ccccc2c(=O)c2ccccc21)C(C(N)=O)c1cccc(F)c1. The lowest BCUT2D eigenvalue weighted by Gasteiger charge is -2.27. The van der Waals surface area contributed by atoms with E-state index in [0.717, 1.165) is 0 Å². The summed E-state index contributed by atoms with van der Waals surface area (Å²) in [6.07, 6.45) is 0. The molecule has 0 bridgehead atoms. The highest BCUT2D eigenvalue weighted by Gasteiger charge is 2.27. The maximum absolute atomic E-state index is 13.7. The number of primary amides is 1. The van der Waals surface area contributed by atoms with Gasteiger partial charge in [-0.05, 0) is 42.0 Å². The normalized spacial score (nSPS) is 12.1. The van der Waals surface area contributed by atoms with Crippen LogP contribution < -0.4 is 11.2 Å². The summed E-state index contributed by atoms with van der Waals surface area (Å²) in [6.45, 7) is -0.128. The molecule has 0 aliphatic carbocycles. The molecule has 7 heteroatoms. The Bertz CT molecular complexity index is 1320. The van der Waals surface area contributed by atoms with Gasteiger partial charge in [-0.2, -0.15) is 0 Å². The molecule has 0 radical (unpaired) electrons. The second kappa shape index (κ2) is 8.02. The standard InChI is InChI=1S/C24H20FN3O3/c1-27(22(24(26)31)15-7-6-8-16(25)13-15)21(29)14-28-19-11-4-2-9-17(19)23(30)18-10-3-5-12-20(18)28/h2-13,22H,14H2,1H3,(H2,26,31). The molecule has 0 saturated carbocycles. The minimum Gasteiger partial charge on any atom is -0.368 e. The summed E-state index contributed by atoms with van der Waals surface area (Å²) in [7, 11) is 1.45. The number of rotatable bonds is 5. The lowest BCUT2D eigenvalue weighted by atomic mass is 10.0. The van der Waals surface area contributed by atoms with Crippen LogP contribution >= 0.6 is 0 Å². The second-order valence-corrected chi connectivity index (χ2v) is 7.31. The van der Waals surface area contributed by atoms with Gasteiger partial charge in [0.15, 0.2) is 5.43 Å². The third kappa shape index (κ3) is 3.66. The van der Waals surface area contributed by atoms with E-state index in [4.69, 9.17) is 5.73 Å². The zero-order valence-corrected chi connectivity index (χ0v) is 16.8. The van der Waals surface area contributed by atoms with Gasteiger partial charge in [0.2, 0.25) is 11.8 Å². The predicted octanol–water partition coefficient (Wildman–Crippen LogP) is 2.98. The van der Waals surface area contributed by atoms with Crippen LogP contribution in [-0.2, 0) is 16.1 Å². The van der Waals surface area contributed by atoms with E-state index in [1.165, 1.54) is 30.1 Å². The average Bonchev–Trinajstić information content (AvgIpc) is 2.76. The first-order valence-electron chi connectivity index (χ1n) is 9.69. The zero-order valence-electron chi connectivity index (χ0n) is 16.8. The van der Waals surface area contributed by atoms with Crippen LogP contribution in [0.25, 0.3) is 21.8 Å². The van der Waals surface area contributed by atoms with Gasteiger partial charge in [0.05, 0.1) is 11.0 Å². The number of likely N-dealkylation sites (N-methyl/N-ethyl adjacent to an activating group) is 1. The van der Waals surface area contributed by atoms with E-state index in [2.05, 4.69) is 0 Å². The van der Waals surface area contributed by atoms with Crippen molar-refractivity contribution in [2.75, 3.05) is 7.05 Å². The number of amides is 2. The Labute approximate surface area is 177 Å². The maximum Gasteiger partial charge on any atom is 0.244 e. The molecule has 31 heavy (non-hydrogen) atoms. The fraction of sp³-hybridized carbons (Fsp3) is 0.125. The van der Waals surface area contributed by atoms with Crippen LogP contribution in [0.3, 0.4) is 0 Å². The van der Waals surface area contributed by atoms with Crippen LogP contribution in [0.1, 0.15) is 11.6 Å². The van der Waals surface area contributed by atoms with E-state index < -0.39 is 23.7 Å². The van der Waals surface area contributed by atoms with Gasteiger partial charge in [-0.3, -0.25) is 14.4 Å². The molecule has 4 aromatic rings. The van der Waals surface area contributed by atoms with E-state index in [1.54, 1.807) is 59.2 Å². The Morgan fingerprint density at radius 1 is 0.968 bits per heavy atom. The molecular formula is C24H20FN3O3. The van der Waals surface area contributed by atoms with Crippen molar-refractivity contribution in [3.63, 3.8) is 0 Å². The van der Waals surface area contributed by atoms with Crippen LogP contribution in [0.4, 0.5) is 4.39 Å². The summed E-state index contributed by atoms with van der Waals surface area (Å²) in [6, 6.07) is 18.4. The Balaban J connectivity index is 1.79. The van der Waals surface area contributed by atoms with Gasteiger partial charge in [0.25, 0.3) is 0 Å². The van der Waals surface area contributed by atoms with Gasteiger partial charge in [-0.1, -0.05) is 36.4 Å². The van der Waals surface area contributed by atoms with Crippen LogP contribution in [-0.4, -0.2) is 28.3 Å². The maximum atomic E-state index is 13.7. The number of benzene rings is 3. The molecule has 1 atom stereocenters. The highest BCUT2D eigenvalue weighted by Crippen LogP contribution is 2.23. The largest absolute Gasteiger partial charge is 0.368 e. The molecule has 4 rings (SSSR count). The van der Waals surface area contributed by atoms with Gasteiger partial charge < -0.3 is 15.2 Å². The molecular weight excluding hydrogens is 397 g/mol. The molecule has 1 aromatic heterocycles. The third-order valence-electron chi connectivity index (χ3n) is 5.39. The van der Waals surface area contributed by atoms with Crippen molar-refractivity contribution in [1.82, 2.24) is 9.47 Å². The number of halogens is 1. The van der Waals surface area contributed by atoms with Crippen LogP contribution in [0.2, 0.25) is 0 Å². The van der Waals surface area contributed by atoms with Gasteiger partial charge >= 0.3 is 0 Å². The number of hydrogen-bond acceptors (Lipinski definition) is 3. The van der Waals surface area contributed by atoms with E-state index >= 15 is 0 Å². The molecule has 1 heterocycles. The minimum atomic E-state index is -1.12. The number of hydrogen-bond donors (Lipinski definition) is 1. The Morgan fingerprint density at radius 3 is 2.10 bits per heavy atom. The Kier molecular flexibility index (Phi) is 5.25. The topological polar surface area (TPSA) is 85.4 Å². The van der Waals surface area contributed by atoms with E-state index in [1.807, 2.05) is 0 Å². The number of para-hydroxylation sites is 2. The second-order valence-electron chi connectivity index (χ2n) is 7.31. The van der Waals surface area contributed by atoms with Gasteiger partial charge in [0, 0.05) is 17.8 Å². The summed E-state index contributed by atoms with van der Waals surface area (Å²) in [4.78, 5) is 39.4. The Hall–Kier alpha value is -4.00. The highest BCUT2D eigenvalue weighted by atomic mass is 19.1. The quantitative estimate of drug-likeness (QED) is 0.507. The monoisotopic (exact) mass is 417 g/mol. The number of nitrogens with zero attached hydrogens (tertiary/aromatic N) is 2. The summed E-state index contributed by atoms with van der Waals surface area (Å²) < 4.78 is 15.4. The summed E-state index contributed by atoms with van der Waals surface area (Å²) in [5.74, 6) is -1.70. The fourth-order valence-corrected chi connectivity index (χ4v) is 3.89. The number of nitrogens with two attached hydrogens (primary N) is 1. The van der Waals surface area contributed by atoms with Crippen LogP contribution in [0.15, 0.2) is 77.6 Å². The molecule has 0 aliphatic rings. The van der Waals surface area contributed by atoms with Gasteiger partial charge in [-0.15, -0.1) is 0 Å². The van der Waals surface area contributed by atoms with Crippen LogP contribution in [0.5, 0.6) is 0 Å². The number of carbonyl (C=O) groups excluding carboxylic acids is 2. The average molecular weight is 417 g/mol. The van der Waals surface area contributed by atoms with E-state index in [-0.39, 0.29) is 17.5 Å². The highest BCUT2D eigenvalue weighted by molar-refractivity contribution is 5.95. The first-order chi connectivity index (χ1) is 14.9. The molecule has 0 spiro atoms. The molecule has 156 valence electrons. The molecule has 0 fully saturated rings. The molecule has 0 aliphatic heterocycles. The van der Waals surface area contributed by atoms with Crippen molar-refractivity contribution in [1.29, 1.82) is 0 Å². The summed E-state index contributed by atoms with van der Waals surface area (Å²) >= 11 is 0. The zero-order chi connectivity index (χ0) is 22.1. The fourth-order valence-electron chi connectivity index (χ4n) is 3.89. The van der Waals surface area contributed by atoms with Crippen molar-refractivity contribution in [2.24, 2.45) is 5.73 Å². The van der Waals surface area contributed by atoms with Crippen molar-refractivity contribution < 1.29 is 14.0 Å².